The summed E-state index contributed by atoms with van der Waals surface area (Å²) in [5.74, 6) is -2.83. The SMILES string of the molecule is Cc1cc(=O)[nH]c(-c2c(C(F)(F)F)ccc(CNC(=O)C3CCN(c4cccc(C(F)(F)F)c4)CC3)c2F)n1. The Kier molecular flexibility index (Phi) is 7.71. The van der Waals surface area contributed by atoms with Crippen molar-refractivity contribution in [3.05, 3.63) is 81.0 Å². The van der Waals surface area contributed by atoms with Crippen LogP contribution >= 0.6 is 0 Å². The number of amides is 1. The van der Waals surface area contributed by atoms with Crippen molar-refractivity contribution in [1.29, 1.82) is 0 Å². The lowest BCUT2D eigenvalue weighted by Gasteiger charge is -2.33. The maximum Gasteiger partial charge on any atom is 0.417 e. The molecule has 208 valence electrons. The molecular formula is C26H23F7N4O2. The smallest absolute Gasteiger partial charge is 0.371 e. The molecule has 6 nitrogen and oxygen atoms in total. The molecule has 1 aliphatic heterocycles. The maximum atomic E-state index is 15.4. The second-order valence-electron chi connectivity index (χ2n) is 9.22. The van der Waals surface area contributed by atoms with Crippen LogP contribution in [0.25, 0.3) is 11.4 Å². The number of rotatable bonds is 5. The normalized spacial score (nSPS) is 14.9. The van der Waals surface area contributed by atoms with Gasteiger partial charge in [-0.15, -0.1) is 0 Å². The minimum absolute atomic E-state index is 0.0939. The molecule has 1 aromatic heterocycles. The lowest BCUT2D eigenvalue weighted by atomic mass is 9.95. The van der Waals surface area contributed by atoms with Gasteiger partial charge in [0.05, 0.1) is 16.7 Å². The van der Waals surface area contributed by atoms with E-state index in [1.54, 1.807) is 11.0 Å². The van der Waals surface area contributed by atoms with E-state index in [0.717, 1.165) is 24.3 Å². The van der Waals surface area contributed by atoms with Crippen molar-refractivity contribution in [2.45, 2.75) is 38.7 Å². The summed E-state index contributed by atoms with van der Waals surface area (Å²) < 4.78 is 95.3. The van der Waals surface area contributed by atoms with Crippen molar-refractivity contribution < 1.29 is 35.5 Å². The van der Waals surface area contributed by atoms with Gasteiger partial charge in [0.15, 0.2) is 0 Å². The molecule has 13 heteroatoms. The van der Waals surface area contributed by atoms with E-state index >= 15 is 4.39 Å². The van der Waals surface area contributed by atoms with Crippen LogP contribution < -0.4 is 15.8 Å². The summed E-state index contributed by atoms with van der Waals surface area (Å²) in [5, 5.41) is 2.53. The summed E-state index contributed by atoms with van der Waals surface area (Å²) in [5.41, 5.74) is -3.54. The Labute approximate surface area is 217 Å². The van der Waals surface area contributed by atoms with Gasteiger partial charge < -0.3 is 15.2 Å². The first-order chi connectivity index (χ1) is 18.2. The molecule has 0 radical (unpaired) electrons. The van der Waals surface area contributed by atoms with E-state index in [1.807, 2.05) is 0 Å². The number of aromatic nitrogens is 2. The Balaban J connectivity index is 1.46. The first-order valence-corrected chi connectivity index (χ1v) is 11.9. The third kappa shape index (κ3) is 6.40. The lowest BCUT2D eigenvalue weighted by Crippen LogP contribution is -2.40. The molecule has 1 amide bonds. The summed E-state index contributed by atoms with van der Waals surface area (Å²) in [7, 11) is 0. The zero-order valence-corrected chi connectivity index (χ0v) is 20.5. The van der Waals surface area contributed by atoms with Crippen molar-refractivity contribution in [2.24, 2.45) is 5.92 Å². The standard InChI is InChI=1S/C26H23F7N4O2/c1-14-11-20(38)36-23(35-14)21-19(26(31,32)33)6-5-16(22(21)27)13-34-24(39)15-7-9-37(10-8-15)18-4-2-3-17(12-18)25(28,29)30/h2-6,11-12,15H,7-10,13H2,1H3,(H,34,39)(H,35,36,38). The molecule has 1 aliphatic rings. The summed E-state index contributed by atoms with van der Waals surface area (Å²) in [6.45, 7) is 1.58. The van der Waals surface area contributed by atoms with Crippen molar-refractivity contribution in [1.82, 2.24) is 15.3 Å². The predicted molar refractivity (Wildman–Crippen MR) is 128 cm³/mol. The van der Waals surface area contributed by atoms with Gasteiger partial charge in [0.25, 0.3) is 5.56 Å². The molecule has 0 aliphatic carbocycles. The second kappa shape index (κ2) is 10.7. The van der Waals surface area contributed by atoms with Crippen LogP contribution in [0, 0.1) is 18.7 Å². The highest BCUT2D eigenvalue weighted by molar-refractivity contribution is 5.79. The Bertz CT molecular complexity index is 1430. The van der Waals surface area contributed by atoms with E-state index in [2.05, 4.69) is 15.3 Å². The molecular weight excluding hydrogens is 533 g/mol. The van der Waals surface area contributed by atoms with Crippen LogP contribution in [0.15, 0.2) is 47.3 Å². The van der Waals surface area contributed by atoms with Crippen LogP contribution in [0.2, 0.25) is 0 Å². The van der Waals surface area contributed by atoms with Crippen LogP contribution in [-0.2, 0) is 23.7 Å². The van der Waals surface area contributed by atoms with Crippen molar-refractivity contribution in [3.8, 4) is 11.4 Å². The first kappa shape index (κ1) is 28.1. The van der Waals surface area contributed by atoms with Gasteiger partial charge in [-0.1, -0.05) is 12.1 Å². The molecule has 0 unspecified atom stereocenters. The van der Waals surface area contributed by atoms with Gasteiger partial charge in [-0.05, 0) is 44.0 Å². The third-order valence-corrected chi connectivity index (χ3v) is 6.49. The fraction of sp³-hybridized carbons (Fsp3) is 0.346. The zero-order chi connectivity index (χ0) is 28.5. The fourth-order valence-corrected chi connectivity index (χ4v) is 4.53. The molecule has 0 saturated carbocycles. The summed E-state index contributed by atoms with van der Waals surface area (Å²) in [6, 6.07) is 7.51. The van der Waals surface area contributed by atoms with E-state index in [4.69, 9.17) is 0 Å². The Morgan fingerprint density at radius 2 is 1.74 bits per heavy atom. The molecule has 39 heavy (non-hydrogen) atoms. The molecule has 0 spiro atoms. The number of aryl methyl sites for hydroxylation is 1. The number of hydrogen-bond acceptors (Lipinski definition) is 4. The molecule has 3 aromatic rings. The number of nitrogens with one attached hydrogen (secondary N) is 2. The number of carbonyl (C=O) groups excluding carboxylic acids is 1. The largest absolute Gasteiger partial charge is 0.417 e. The molecule has 2 heterocycles. The number of aromatic amines is 1. The Morgan fingerprint density at radius 1 is 1.05 bits per heavy atom. The van der Waals surface area contributed by atoms with E-state index in [9.17, 15) is 35.9 Å². The van der Waals surface area contributed by atoms with Gasteiger partial charge in [-0.3, -0.25) is 9.59 Å². The van der Waals surface area contributed by atoms with E-state index < -0.39 is 64.6 Å². The van der Waals surface area contributed by atoms with E-state index in [-0.39, 0.29) is 11.3 Å². The average molecular weight is 556 g/mol. The molecule has 1 saturated heterocycles. The number of hydrogen-bond donors (Lipinski definition) is 2. The minimum atomic E-state index is -4.94. The molecule has 2 N–H and O–H groups in total. The Morgan fingerprint density at radius 3 is 2.36 bits per heavy atom. The maximum absolute atomic E-state index is 15.4. The van der Waals surface area contributed by atoms with Gasteiger partial charge in [0, 0.05) is 48.6 Å². The predicted octanol–water partition coefficient (Wildman–Crippen LogP) is 5.45. The lowest BCUT2D eigenvalue weighted by molar-refractivity contribution is -0.138. The summed E-state index contributed by atoms with van der Waals surface area (Å²) in [4.78, 5) is 32.2. The molecule has 1 fully saturated rings. The zero-order valence-electron chi connectivity index (χ0n) is 20.5. The van der Waals surface area contributed by atoms with Crippen LogP contribution in [-0.4, -0.2) is 29.0 Å². The van der Waals surface area contributed by atoms with E-state index in [0.29, 0.717) is 37.7 Å². The van der Waals surface area contributed by atoms with Gasteiger partial charge >= 0.3 is 12.4 Å². The number of piperidine rings is 1. The monoisotopic (exact) mass is 556 g/mol. The van der Waals surface area contributed by atoms with Crippen LogP contribution in [0.4, 0.5) is 36.4 Å². The number of nitrogens with zero attached hydrogens (tertiary/aromatic N) is 2. The molecule has 0 bridgehead atoms. The summed E-state index contributed by atoms with van der Waals surface area (Å²) >= 11 is 0. The van der Waals surface area contributed by atoms with E-state index in [1.165, 1.54) is 13.0 Å². The number of anilines is 1. The third-order valence-electron chi connectivity index (χ3n) is 6.49. The molecule has 0 atom stereocenters. The second-order valence-corrected chi connectivity index (χ2v) is 9.22. The molecule has 4 rings (SSSR count). The van der Waals surface area contributed by atoms with Crippen LogP contribution in [0.1, 0.15) is 35.2 Å². The van der Waals surface area contributed by atoms with Crippen molar-refractivity contribution in [3.63, 3.8) is 0 Å². The molecule has 2 aromatic carbocycles. The fourth-order valence-electron chi connectivity index (χ4n) is 4.53. The van der Waals surface area contributed by atoms with Crippen molar-refractivity contribution >= 4 is 11.6 Å². The van der Waals surface area contributed by atoms with Gasteiger partial charge in [-0.2, -0.15) is 26.3 Å². The highest BCUT2D eigenvalue weighted by atomic mass is 19.4. The summed E-state index contributed by atoms with van der Waals surface area (Å²) in [6.07, 6.45) is -8.78. The van der Waals surface area contributed by atoms with Crippen LogP contribution in [0.3, 0.4) is 0 Å². The minimum Gasteiger partial charge on any atom is -0.371 e. The topological polar surface area (TPSA) is 78.1 Å². The number of H-pyrrole nitrogens is 1. The van der Waals surface area contributed by atoms with Crippen LogP contribution in [0.5, 0.6) is 0 Å². The first-order valence-electron chi connectivity index (χ1n) is 11.9. The van der Waals surface area contributed by atoms with Gasteiger partial charge in [0.2, 0.25) is 5.91 Å². The van der Waals surface area contributed by atoms with Crippen molar-refractivity contribution in [2.75, 3.05) is 18.0 Å². The van der Waals surface area contributed by atoms with Gasteiger partial charge in [0.1, 0.15) is 11.6 Å². The highest BCUT2D eigenvalue weighted by Gasteiger charge is 2.37. The number of benzene rings is 2. The quantitative estimate of drug-likeness (QED) is 0.410. The highest BCUT2D eigenvalue weighted by Crippen LogP contribution is 2.38. The number of alkyl halides is 6. The number of halogens is 7. The van der Waals surface area contributed by atoms with Gasteiger partial charge in [-0.25, -0.2) is 9.37 Å². The Hall–Kier alpha value is -3.90. The number of carbonyl (C=O) groups is 1. The average Bonchev–Trinajstić information content (AvgIpc) is 2.86.